The zero-order valence-corrected chi connectivity index (χ0v) is 12.5. The fourth-order valence-electron chi connectivity index (χ4n) is 2.25. The van der Waals surface area contributed by atoms with E-state index in [-0.39, 0.29) is 12.6 Å². The van der Waals surface area contributed by atoms with Crippen molar-refractivity contribution in [3.8, 4) is 0 Å². The fraction of sp³-hybridized carbons (Fsp3) is 0.500. The summed E-state index contributed by atoms with van der Waals surface area (Å²) in [6.07, 6.45) is 2.51. The number of hydrogen-bond acceptors (Lipinski definition) is 2. The van der Waals surface area contributed by atoms with Crippen molar-refractivity contribution in [2.75, 3.05) is 18.5 Å². The highest BCUT2D eigenvalue weighted by atomic mass is 79.9. The topological polar surface area (TPSA) is 29.5 Å². The number of rotatable bonds is 6. The number of nitrogens with zero attached hydrogens (tertiary/aromatic N) is 1. The summed E-state index contributed by atoms with van der Waals surface area (Å²) in [5, 5.41) is 0.935. The molecular formula is C14H16BrF2NO2. The van der Waals surface area contributed by atoms with Crippen LogP contribution in [0.3, 0.4) is 0 Å². The van der Waals surface area contributed by atoms with Crippen LogP contribution in [0.4, 0.5) is 13.6 Å². The van der Waals surface area contributed by atoms with Crippen molar-refractivity contribution in [2.24, 2.45) is 0 Å². The molecule has 20 heavy (non-hydrogen) atoms. The molecule has 2 rings (SSSR count). The van der Waals surface area contributed by atoms with Crippen molar-refractivity contribution < 1.29 is 18.3 Å². The monoisotopic (exact) mass is 347 g/mol. The van der Waals surface area contributed by atoms with Gasteiger partial charge in [-0.15, -0.1) is 0 Å². The molecule has 0 saturated carbocycles. The van der Waals surface area contributed by atoms with Gasteiger partial charge >= 0.3 is 6.09 Å². The van der Waals surface area contributed by atoms with Gasteiger partial charge in [0.05, 0.1) is 6.04 Å². The summed E-state index contributed by atoms with van der Waals surface area (Å²) in [6, 6.07) is 3.38. The molecule has 1 heterocycles. The number of hydrogen-bond donors (Lipinski definition) is 0. The lowest BCUT2D eigenvalue weighted by Gasteiger charge is -2.21. The van der Waals surface area contributed by atoms with Crippen LogP contribution < -0.4 is 0 Å². The normalized spacial score (nSPS) is 18.4. The molecule has 1 fully saturated rings. The number of halogens is 3. The molecule has 1 atom stereocenters. The molecular weight excluding hydrogens is 332 g/mol. The molecule has 0 N–H and O–H groups in total. The first-order valence-corrected chi connectivity index (χ1v) is 7.70. The Morgan fingerprint density at radius 3 is 2.75 bits per heavy atom. The summed E-state index contributed by atoms with van der Waals surface area (Å²) in [6.45, 7) is 0.748. The number of amides is 1. The Hall–Kier alpha value is -1.17. The van der Waals surface area contributed by atoms with Gasteiger partial charge < -0.3 is 4.74 Å². The summed E-state index contributed by atoms with van der Waals surface area (Å²) in [5.74, 6) is -1.79. The molecule has 0 bridgehead atoms. The Kier molecular flexibility index (Phi) is 5.34. The van der Waals surface area contributed by atoms with Gasteiger partial charge in [-0.05, 0) is 30.5 Å². The van der Waals surface area contributed by atoms with E-state index in [0.717, 1.165) is 36.7 Å². The Labute approximate surface area is 125 Å². The van der Waals surface area contributed by atoms with Crippen LogP contribution in [0.15, 0.2) is 18.2 Å². The number of unbranched alkanes of at least 4 members (excludes halogenated alkanes) is 2. The van der Waals surface area contributed by atoms with Gasteiger partial charge in [0.25, 0.3) is 0 Å². The van der Waals surface area contributed by atoms with Crippen LogP contribution in [0.2, 0.25) is 0 Å². The molecule has 0 spiro atoms. The lowest BCUT2D eigenvalue weighted by molar-refractivity contribution is 0.157. The zero-order valence-electron chi connectivity index (χ0n) is 10.9. The third-order valence-electron chi connectivity index (χ3n) is 3.34. The fourth-order valence-corrected chi connectivity index (χ4v) is 2.64. The summed E-state index contributed by atoms with van der Waals surface area (Å²) >= 11 is 3.36. The Morgan fingerprint density at radius 1 is 1.25 bits per heavy atom. The molecule has 1 amide bonds. The van der Waals surface area contributed by atoms with Crippen LogP contribution in [0.1, 0.15) is 30.9 Å². The van der Waals surface area contributed by atoms with Crippen molar-refractivity contribution in [1.82, 2.24) is 4.90 Å². The van der Waals surface area contributed by atoms with Crippen LogP contribution in [-0.2, 0) is 4.74 Å². The van der Waals surface area contributed by atoms with E-state index in [9.17, 15) is 13.6 Å². The molecule has 110 valence electrons. The predicted octanol–water partition coefficient (Wildman–Crippen LogP) is 4.02. The maximum Gasteiger partial charge on any atom is 0.410 e. The summed E-state index contributed by atoms with van der Waals surface area (Å²) in [7, 11) is 0. The molecule has 1 aromatic carbocycles. The predicted molar refractivity (Wildman–Crippen MR) is 74.8 cm³/mol. The zero-order chi connectivity index (χ0) is 14.5. The first-order chi connectivity index (χ1) is 9.63. The highest BCUT2D eigenvalue weighted by Gasteiger charge is 2.33. The number of ether oxygens (including phenoxy) is 1. The average molecular weight is 348 g/mol. The molecule has 1 saturated heterocycles. The molecule has 1 aliphatic rings. The third kappa shape index (κ3) is 3.48. The van der Waals surface area contributed by atoms with Crippen molar-refractivity contribution in [2.45, 2.75) is 25.3 Å². The van der Waals surface area contributed by atoms with Gasteiger partial charge in [0, 0.05) is 11.9 Å². The number of cyclic esters (lactones) is 1. The molecule has 0 radical (unpaired) electrons. The number of carbonyl (C=O) groups excluding carboxylic acids is 1. The summed E-state index contributed by atoms with van der Waals surface area (Å²) < 4.78 is 31.3. The van der Waals surface area contributed by atoms with E-state index in [0.29, 0.717) is 12.1 Å². The standard InChI is InChI=1S/C14H16BrF2NO2/c15-6-2-1-3-7-18-13(9-20-14(18)19)10-4-5-11(16)12(17)8-10/h4-5,8,13H,1-3,6-7,9H2/t13-/m1/s1. The van der Waals surface area contributed by atoms with E-state index in [1.54, 1.807) is 4.90 Å². The van der Waals surface area contributed by atoms with Crippen molar-refractivity contribution in [3.63, 3.8) is 0 Å². The second-order valence-electron chi connectivity index (χ2n) is 4.71. The SMILES string of the molecule is O=C1OC[C@H](c2ccc(F)c(F)c2)N1CCCCCBr. The van der Waals surface area contributed by atoms with Crippen LogP contribution in [0.5, 0.6) is 0 Å². The van der Waals surface area contributed by atoms with Gasteiger partial charge in [-0.2, -0.15) is 0 Å². The Bertz CT molecular complexity index is 484. The van der Waals surface area contributed by atoms with Gasteiger partial charge in [0.15, 0.2) is 11.6 Å². The molecule has 0 aromatic heterocycles. The largest absolute Gasteiger partial charge is 0.447 e. The van der Waals surface area contributed by atoms with Crippen LogP contribution >= 0.6 is 15.9 Å². The maximum absolute atomic E-state index is 13.3. The van der Waals surface area contributed by atoms with E-state index in [1.807, 2.05) is 0 Å². The number of carbonyl (C=O) groups is 1. The summed E-state index contributed by atoms with van der Waals surface area (Å²) in [4.78, 5) is 13.3. The highest BCUT2D eigenvalue weighted by Crippen LogP contribution is 2.29. The van der Waals surface area contributed by atoms with Crippen LogP contribution in [-0.4, -0.2) is 29.5 Å². The minimum absolute atomic E-state index is 0.183. The van der Waals surface area contributed by atoms with Crippen molar-refractivity contribution in [1.29, 1.82) is 0 Å². The second-order valence-corrected chi connectivity index (χ2v) is 5.50. The van der Waals surface area contributed by atoms with Gasteiger partial charge in [-0.3, -0.25) is 4.90 Å². The van der Waals surface area contributed by atoms with E-state index in [2.05, 4.69) is 15.9 Å². The molecule has 0 unspecified atom stereocenters. The van der Waals surface area contributed by atoms with Crippen LogP contribution in [0, 0.1) is 11.6 Å². The first kappa shape index (κ1) is 15.2. The van der Waals surface area contributed by atoms with Crippen molar-refractivity contribution >= 4 is 22.0 Å². The number of alkyl halides is 1. The molecule has 3 nitrogen and oxygen atoms in total. The second kappa shape index (κ2) is 7.02. The highest BCUT2D eigenvalue weighted by molar-refractivity contribution is 9.09. The van der Waals surface area contributed by atoms with E-state index in [1.165, 1.54) is 6.07 Å². The Balaban J connectivity index is 2.05. The average Bonchev–Trinajstić information content (AvgIpc) is 2.79. The smallest absolute Gasteiger partial charge is 0.410 e. The third-order valence-corrected chi connectivity index (χ3v) is 3.90. The van der Waals surface area contributed by atoms with E-state index in [4.69, 9.17) is 4.74 Å². The summed E-state index contributed by atoms with van der Waals surface area (Å²) in [5.41, 5.74) is 0.565. The molecule has 1 aliphatic heterocycles. The minimum Gasteiger partial charge on any atom is -0.447 e. The Morgan fingerprint density at radius 2 is 2.05 bits per heavy atom. The molecule has 0 aliphatic carbocycles. The van der Waals surface area contributed by atoms with Crippen molar-refractivity contribution in [3.05, 3.63) is 35.4 Å². The van der Waals surface area contributed by atoms with Gasteiger partial charge in [-0.1, -0.05) is 28.4 Å². The van der Waals surface area contributed by atoms with Gasteiger partial charge in [0.2, 0.25) is 0 Å². The quantitative estimate of drug-likeness (QED) is 0.574. The molecule has 6 heteroatoms. The lowest BCUT2D eigenvalue weighted by atomic mass is 10.1. The van der Waals surface area contributed by atoms with E-state index < -0.39 is 17.7 Å². The first-order valence-electron chi connectivity index (χ1n) is 6.58. The molecule has 1 aromatic rings. The van der Waals surface area contributed by atoms with Crippen LogP contribution in [0.25, 0.3) is 0 Å². The van der Waals surface area contributed by atoms with E-state index >= 15 is 0 Å². The lowest BCUT2D eigenvalue weighted by Crippen LogP contribution is -2.28. The van der Waals surface area contributed by atoms with Gasteiger partial charge in [-0.25, -0.2) is 13.6 Å². The maximum atomic E-state index is 13.3. The van der Waals surface area contributed by atoms with Gasteiger partial charge in [0.1, 0.15) is 6.61 Å². The minimum atomic E-state index is -0.902. The number of benzene rings is 1.